The summed E-state index contributed by atoms with van der Waals surface area (Å²) in [6.07, 6.45) is 0. The van der Waals surface area contributed by atoms with E-state index in [-0.39, 0.29) is 5.91 Å². The fourth-order valence-corrected chi connectivity index (χ4v) is 2.80. The van der Waals surface area contributed by atoms with Crippen LogP contribution in [0.25, 0.3) is 0 Å². The summed E-state index contributed by atoms with van der Waals surface area (Å²) >= 11 is 0. The molecule has 6 nitrogen and oxygen atoms in total. The number of carbonyl (C=O) groups is 1. The maximum absolute atomic E-state index is 12.8. The van der Waals surface area contributed by atoms with Gasteiger partial charge >= 0.3 is 0 Å². The Bertz CT molecular complexity index is 898. The van der Waals surface area contributed by atoms with Crippen LogP contribution < -0.4 is 10.1 Å². The summed E-state index contributed by atoms with van der Waals surface area (Å²) in [5, 5.41) is 11.5. The second-order valence-corrected chi connectivity index (χ2v) is 6.16. The highest BCUT2D eigenvalue weighted by atomic mass is 16.5. The van der Waals surface area contributed by atoms with Crippen LogP contribution in [0.5, 0.6) is 5.75 Å². The Morgan fingerprint density at radius 2 is 1.71 bits per heavy atom. The van der Waals surface area contributed by atoms with Gasteiger partial charge in [-0.15, -0.1) is 10.2 Å². The van der Waals surface area contributed by atoms with Gasteiger partial charge in [0.15, 0.2) is 11.5 Å². The van der Waals surface area contributed by atoms with Crippen LogP contribution in [-0.2, 0) is 6.54 Å². The van der Waals surface area contributed by atoms with Crippen LogP contribution >= 0.6 is 0 Å². The topological polar surface area (TPSA) is 67.3 Å². The van der Waals surface area contributed by atoms with Gasteiger partial charge in [0.25, 0.3) is 5.91 Å². The zero-order valence-electron chi connectivity index (χ0n) is 16.1. The fraction of sp³-hybridized carbons (Fsp3) is 0.227. The number of para-hydroxylation sites is 2. The molecule has 0 radical (unpaired) electrons. The zero-order valence-corrected chi connectivity index (χ0v) is 16.1. The van der Waals surface area contributed by atoms with Crippen molar-refractivity contribution in [3.63, 3.8) is 0 Å². The number of aromatic nitrogens is 2. The summed E-state index contributed by atoms with van der Waals surface area (Å²) < 4.78 is 5.60. The molecular weight excluding hydrogens is 352 g/mol. The quantitative estimate of drug-likeness (QED) is 0.635. The molecular formula is C22H24N4O2. The van der Waals surface area contributed by atoms with E-state index in [0.717, 1.165) is 17.0 Å². The molecule has 0 fully saturated rings. The van der Waals surface area contributed by atoms with E-state index in [9.17, 15) is 4.79 Å². The normalized spacial score (nSPS) is 10.4. The summed E-state index contributed by atoms with van der Waals surface area (Å²) in [4.78, 5) is 14.5. The van der Waals surface area contributed by atoms with Crippen molar-refractivity contribution >= 4 is 17.4 Å². The summed E-state index contributed by atoms with van der Waals surface area (Å²) in [6.45, 7) is 5.60. The fourth-order valence-electron chi connectivity index (χ4n) is 2.80. The number of amides is 1. The monoisotopic (exact) mass is 376 g/mol. The van der Waals surface area contributed by atoms with E-state index in [2.05, 4.69) is 15.5 Å². The Hall–Kier alpha value is -3.41. The van der Waals surface area contributed by atoms with Crippen LogP contribution in [-0.4, -0.2) is 34.2 Å². The Morgan fingerprint density at radius 1 is 0.964 bits per heavy atom. The number of ether oxygens (including phenoxy) is 1. The lowest BCUT2D eigenvalue weighted by molar-refractivity contribution is 0.0745. The number of nitrogens with zero attached hydrogens (tertiary/aromatic N) is 3. The molecule has 0 aliphatic carbocycles. The highest BCUT2D eigenvalue weighted by Crippen LogP contribution is 2.26. The standard InChI is InChI=1S/C22H24N4O2/c1-3-26(16-17-10-6-5-7-11-17)22(27)19-14-15-21(25-24-19)23-18-12-8-9-13-20(18)28-4-2/h5-15H,3-4,16H2,1-2H3,(H,23,25). The first-order valence-electron chi connectivity index (χ1n) is 9.37. The van der Waals surface area contributed by atoms with Gasteiger partial charge in [-0.1, -0.05) is 42.5 Å². The van der Waals surface area contributed by atoms with E-state index in [0.29, 0.717) is 31.2 Å². The van der Waals surface area contributed by atoms with Gasteiger partial charge < -0.3 is 15.0 Å². The average molecular weight is 376 g/mol. The minimum Gasteiger partial charge on any atom is -0.492 e. The van der Waals surface area contributed by atoms with Gasteiger partial charge in [0.2, 0.25) is 0 Å². The maximum atomic E-state index is 12.8. The number of benzene rings is 2. The number of hydrogen-bond donors (Lipinski definition) is 1. The Balaban J connectivity index is 1.70. The summed E-state index contributed by atoms with van der Waals surface area (Å²) in [5.74, 6) is 1.15. The van der Waals surface area contributed by atoms with Crippen molar-refractivity contribution in [2.45, 2.75) is 20.4 Å². The zero-order chi connectivity index (χ0) is 19.8. The average Bonchev–Trinajstić information content (AvgIpc) is 2.74. The predicted octanol–water partition coefficient (Wildman–Crippen LogP) is 4.28. The lowest BCUT2D eigenvalue weighted by Crippen LogP contribution is -2.31. The van der Waals surface area contributed by atoms with Crippen LogP contribution in [0.1, 0.15) is 29.9 Å². The molecule has 0 saturated heterocycles. The molecule has 2 aromatic carbocycles. The Labute approximate surface area is 165 Å². The van der Waals surface area contributed by atoms with E-state index >= 15 is 0 Å². The van der Waals surface area contributed by atoms with Crippen molar-refractivity contribution in [3.8, 4) is 5.75 Å². The summed E-state index contributed by atoms with van der Waals surface area (Å²) in [6, 6.07) is 21.0. The SMILES string of the molecule is CCOc1ccccc1Nc1ccc(C(=O)N(CC)Cc2ccccc2)nn1. The molecule has 1 N–H and O–H groups in total. The number of anilines is 2. The lowest BCUT2D eigenvalue weighted by atomic mass is 10.2. The van der Waals surface area contributed by atoms with E-state index in [1.54, 1.807) is 17.0 Å². The third-order valence-electron chi connectivity index (χ3n) is 4.22. The molecule has 6 heteroatoms. The molecule has 1 heterocycles. The highest BCUT2D eigenvalue weighted by Gasteiger charge is 2.16. The van der Waals surface area contributed by atoms with Gasteiger partial charge in [0.05, 0.1) is 12.3 Å². The first-order valence-corrected chi connectivity index (χ1v) is 9.37. The van der Waals surface area contributed by atoms with Gasteiger partial charge in [0, 0.05) is 13.1 Å². The van der Waals surface area contributed by atoms with Crippen molar-refractivity contribution in [1.82, 2.24) is 15.1 Å². The van der Waals surface area contributed by atoms with Gasteiger partial charge in [-0.2, -0.15) is 0 Å². The molecule has 0 bridgehead atoms. The Morgan fingerprint density at radius 3 is 2.39 bits per heavy atom. The van der Waals surface area contributed by atoms with Crippen molar-refractivity contribution in [1.29, 1.82) is 0 Å². The molecule has 0 saturated carbocycles. The van der Waals surface area contributed by atoms with Crippen molar-refractivity contribution < 1.29 is 9.53 Å². The Kier molecular flexibility index (Phi) is 6.57. The number of rotatable bonds is 8. The third-order valence-corrected chi connectivity index (χ3v) is 4.22. The first-order chi connectivity index (χ1) is 13.7. The smallest absolute Gasteiger partial charge is 0.274 e. The van der Waals surface area contributed by atoms with Crippen LogP contribution in [0.3, 0.4) is 0 Å². The van der Waals surface area contributed by atoms with Crippen molar-refractivity contribution in [3.05, 3.63) is 78.0 Å². The molecule has 3 rings (SSSR count). The summed E-state index contributed by atoms with van der Waals surface area (Å²) in [5.41, 5.74) is 2.20. The summed E-state index contributed by atoms with van der Waals surface area (Å²) in [7, 11) is 0. The number of hydrogen-bond acceptors (Lipinski definition) is 5. The van der Waals surface area contributed by atoms with E-state index in [1.165, 1.54) is 0 Å². The lowest BCUT2D eigenvalue weighted by Gasteiger charge is -2.20. The largest absolute Gasteiger partial charge is 0.492 e. The second kappa shape index (κ2) is 9.50. The second-order valence-electron chi connectivity index (χ2n) is 6.16. The van der Waals surface area contributed by atoms with Crippen LogP contribution in [0.2, 0.25) is 0 Å². The van der Waals surface area contributed by atoms with Gasteiger partial charge in [-0.05, 0) is 43.7 Å². The molecule has 0 atom stereocenters. The van der Waals surface area contributed by atoms with E-state index < -0.39 is 0 Å². The van der Waals surface area contributed by atoms with Crippen molar-refractivity contribution in [2.75, 3.05) is 18.5 Å². The molecule has 3 aromatic rings. The van der Waals surface area contributed by atoms with E-state index in [4.69, 9.17) is 4.74 Å². The maximum Gasteiger partial charge on any atom is 0.274 e. The highest BCUT2D eigenvalue weighted by molar-refractivity contribution is 5.92. The van der Waals surface area contributed by atoms with Gasteiger partial charge in [-0.3, -0.25) is 4.79 Å². The first kappa shape index (κ1) is 19.4. The van der Waals surface area contributed by atoms with Crippen molar-refractivity contribution in [2.24, 2.45) is 0 Å². The molecule has 144 valence electrons. The molecule has 28 heavy (non-hydrogen) atoms. The number of carbonyl (C=O) groups excluding carboxylic acids is 1. The minimum absolute atomic E-state index is 0.139. The molecule has 1 amide bonds. The van der Waals surface area contributed by atoms with Crippen LogP contribution in [0.4, 0.5) is 11.5 Å². The minimum atomic E-state index is -0.139. The van der Waals surface area contributed by atoms with Crippen LogP contribution in [0.15, 0.2) is 66.7 Å². The molecule has 1 aromatic heterocycles. The predicted molar refractivity (Wildman–Crippen MR) is 110 cm³/mol. The molecule has 0 aliphatic heterocycles. The van der Waals surface area contributed by atoms with Crippen LogP contribution in [0, 0.1) is 0 Å². The molecule has 0 unspecified atom stereocenters. The third kappa shape index (κ3) is 4.85. The number of nitrogens with one attached hydrogen (secondary N) is 1. The van der Waals surface area contributed by atoms with Gasteiger partial charge in [0.1, 0.15) is 5.75 Å². The van der Waals surface area contributed by atoms with E-state index in [1.807, 2.05) is 68.4 Å². The van der Waals surface area contributed by atoms with Gasteiger partial charge in [-0.25, -0.2) is 0 Å². The molecule has 0 aliphatic rings. The molecule has 0 spiro atoms.